The Morgan fingerprint density at radius 1 is 0.432 bits per heavy atom. The number of nitrogens with one attached hydrogen (secondary N) is 11. The second kappa shape index (κ2) is 44.3. The van der Waals surface area contributed by atoms with Crippen LogP contribution in [0.15, 0.2) is 40.3 Å². The number of rotatable bonds is 46. The third kappa shape index (κ3) is 32.9. The standard InChI is InChI=1S/C58H101N21O16/c1-29(2)43(54(92)76-39(26-34-16-8-7-9-17-34)51(89)71-32(5)56(94)95)78-52(90)40(27-42(62)82)75-53(91)41(28-80)77-55(93)44(33(6)81)79-46(84)31(4)70-48(86)37(20-14-24-67-57(63)64)72-45(83)30(3)69-49(87)38(21-15-25-68-58(65)66)74-50(88)36(19-11-13-23-60)73-47(85)35(61)18-10-12-22-59/h7-9,16-17,29-33,35-41,43-44,80-81H,10-15,18-28,59-61H2,1-6H3,(H2,62,82)(H,69,87)(H,70,86)(H,71,89)(H,72,83)(H,73,85)(H,74,88)(H,75,91)(H,76,92)(H,77,93)(H,78,90)(H,79,84)(H,94,95)(H4,63,64,67)(H4,65,66,68)/t30-,31-,32-,33+,35-,36-,37-,38-,39-,40-,41-,43-,44-/m0/s1. The SMILES string of the molecule is CC(C)[C@H](NC(=O)[C@H](CC(N)=O)NC(=O)[C@H](CO)NC(=O)[C@@H](NC(=O)[C@H](C)NC(=O)[C@H](CCCN=C(N)N)NC(=O)[C@H](C)NC(=O)[C@H](CCCN=C(N)N)NC(=O)[C@H](CCCCN)NC(=O)[C@@H](N)CCCCN)[C@@H](C)O)C(=O)N[C@@H](Cc1ccccc1)C(=O)N[C@@H](C)C(=O)O. The number of guanidine groups is 2. The van der Waals surface area contributed by atoms with Crippen molar-refractivity contribution in [1.29, 1.82) is 0 Å². The van der Waals surface area contributed by atoms with Crippen LogP contribution >= 0.6 is 0 Å². The van der Waals surface area contributed by atoms with E-state index >= 15 is 0 Å². The first-order chi connectivity index (χ1) is 44.7. The highest BCUT2D eigenvalue weighted by Gasteiger charge is 2.37. The largest absolute Gasteiger partial charge is 0.480 e. The predicted octanol–water partition coefficient (Wildman–Crippen LogP) is -8.70. The lowest BCUT2D eigenvalue weighted by Crippen LogP contribution is -2.62. The number of carbonyl (C=O) groups excluding carboxylic acids is 12. The number of nitrogens with two attached hydrogens (primary N) is 8. The molecular weight excluding hydrogens is 1250 g/mol. The Labute approximate surface area is 550 Å². The third-order valence-corrected chi connectivity index (χ3v) is 14.4. The molecule has 0 bridgehead atoms. The van der Waals surface area contributed by atoms with Crippen LogP contribution in [0.1, 0.15) is 118 Å². The van der Waals surface area contributed by atoms with Crippen LogP contribution in [0, 0.1) is 5.92 Å². The Morgan fingerprint density at radius 3 is 1.27 bits per heavy atom. The van der Waals surface area contributed by atoms with Gasteiger partial charge in [0.25, 0.3) is 0 Å². The molecule has 0 aliphatic carbocycles. The van der Waals surface area contributed by atoms with E-state index in [1.807, 2.05) is 0 Å². The Kier molecular flexibility index (Phi) is 39.0. The van der Waals surface area contributed by atoms with Crippen LogP contribution in [0.2, 0.25) is 0 Å². The van der Waals surface area contributed by atoms with E-state index in [2.05, 4.69) is 68.5 Å². The number of carbonyl (C=O) groups is 13. The number of aliphatic hydroxyl groups is 2. The molecule has 0 unspecified atom stereocenters. The van der Waals surface area contributed by atoms with E-state index in [-0.39, 0.29) is 63.5 Å². The molecule has 0 heterocycles. The summed E-state index contributed by atoms with van der Waals surface area (Å²) in [6.07, 6.45) is -0.244. The highest BCUT2D eigenvalue weighted by atomic mass is 16.4. The maximum atomic E-state index is 13.9. The second-order valence-corrected chi connectivity index (χ2v) is 23.0. The summed E-state index contributed by atoms with van der Waals surface area (Å²) in [5.41, 5.74) is 45.2. The molecule has 95 heavy (non-hydrogen) atoms. The van der Waals surface area contributed by atoms with Gasteiger partial charge in [0.2, 0.25) is 70.9 Å². The van der Waals surface area contributed by atoms with E-state index in [9.17, 15) is 77.6 Å². The van der Waals surface area contributed by atoms with Gasteiger partial charge in [-0.05, 0) is 110 Å². The van der Waals surface area contributed by atoms with Gasteiger partial charge < -0.3 is 120 Å². The number of aliphatic carboxylic acids is 1. The smallest absolute Gasteiger partial charge is 0.325 e. The van der Waals surface area contributed by atoms with Gasteiger partial charge in [-0.3, -0.25) is 72.3 Å². The first-order valence-electron chi connectivity index (χ1n) is 31.1. The van der Waals surface area contributed by atoms with Gasteiger partial charge in [-0.15, -0.1) is 0 Å². The summed E-state index contributed by atoms with van der Waals surface area (Å²) in [7, 11) is 0. The van der Waals surface area contributed by atoms with Crippen LogP contribution in [0.5, 0.6) is 0 Å². The molecule has 0 spiro atoms. The summed E-state index contributed by atoms with van der Waals surface area (Å²) in [5.74, 6) is -14.5. The first-order valence-corrected chi connectivity index (χ1v) is 31.1. The number of amides is 12. The number of benzene rings is 1. The number of primary amides is 1. The van der Waals surface area contributed by atoms with Gasteiger partial charge in [0.1, 0.15) is 66.5 Å². The summed E-state index contributed by atoms with van der Waals surface area (Å²) >= 11 is 0. The van der Waals surface area contributed by atoms with E-state index in [4.69, 9.17) is 45.9 Å². The van der Waals surface area contributed by atoms with Crippen molar-refractivity contribution >= 4 is 88.8 Å². The molecule has 0 aliphatic heterocycles. The van der Waals surface area contributed by atoms with Crippen LogP contribution in [-0.2, 0) is 68.7 Å². The molecule has 37 heteroatoms. The molecule has 1 rings (SSSR count). The quantitative estimate of drug-likeness (QED) is 0.0164. The van der Waals surface area contributed by atoms with Crippen LogP contribution in [0.25, 0.3) is 0 Å². The van der Waals surface area contributed by atoms with Crippen LogP contribution < -0.4 is 104 Å². The zero-order valence-corrected chi connectivity index (χ0v) is 54.7. The van der Waals surface area contributed by atoms with E-state index in [0.717, 1.165) is 6.92 Å². The monoisotopic (exact) mass is 1350 g/mol. The van der Waals surface area contributed by atoms with E-state index in [1.54, 1.807) is 30.3 Å². The minimum absolute atomic E-state index is 0.0359. The Hall–Kier alpha value is -9.33. The predicted molar refractivity (Wildman–Crippen MR) is 347 cm³/mol. The average Bonchev–Trinajstić information content (AvgIpc) is 1.15. The highest BCUT2D eigenvalue weighted by Crippen LogP contribution is 2.11. The lowest BCUT2D eigenvalue weighted by Gasteiger charge is -2.28. The first kappa shape index (κ1) is 83.7. The number of hydrogen-bond acceptors (Lipinski definition) is 20. The molecule has 30 N–H and O–H groups in total. The van der Waals surface area contributed by atoms with Gasteiger partial charge in [-0.1, -0.05) is 50.6 Å². The van der Waals surface area contributed by atoms with Crippen molar-refractivity contribution in [2.75, 3.05) is 32.8 Å². The van der Waals surface area contributed by atoms with Gasteiger partial charge in [-0.25, -0.2) is 0 Å². The minimum Gasteiger partial charge on any atom is -0.480 e. The lowest BCUT2D eigenvalue weighted by molar-refractivity contribution is -0.142. The van der Waals surface area contributed by atoms with Crippen molar-refractivity contribution in [3.05, 3.63) is 35.9 Å². The number of carboxylic acid groups (broad SMARTS) is 1. The average molecular weight is 1350 g/mol. The number of aliphatic imine (C=N–C) groups is 2. The van der Waals surface area contributed by atoms with E-state index < -0.39 is 174 Å². The maximum absolute atomic E-state index is 13.9. The molecule has 1 aromatic carbocycles. The molecular formula is C58H101N21O16. The molecule has 0 radical (unpaired) electrons. The van der Waals surface area contributed by atoms with Crippen LogP contribution in [0.4, 0.5) is 0 Å². The summed E-state index contributed by atoms with van der Waals surface area (Å²) in [6.45, 7) is 7.26. The zero-order chi connectivity index (χ0) is 72.1. The topological polar surface area (TPSA) is 648 Å². The maximum Gasteiger partial charge on any atom is 0.325 e. The van der Waals surface area contributed by atoms with Crippen molar-refractivity contribution in [3.63, 3.8) is 0 Å². The van der Waals surface area contributed by atoms with Crippen molar-refractivity contribution < 1.29 is 77.6 Å². The van der Waals surface area contributed by atoms with E-state index in [0.29, 0.717) is 50.8 Å². The minimum atomic E-state index is -1.96. The highest BCUT2D eigenvalue weighted by molar-refractivity contribution is 6.00. The van der Waals surface area contributed by atoms with Crippen molar-refractivity contribution in [2.24, 2.45) is 61.8 Å². The summed E-state index contributed by atoms with van der Waals surface area (Å²) in [4.78, 5) is 182. The number of hydrogen-bond donors (Lipinski definition) is 22. The van der Waals surface area contributed by atoms with E-state index in [1.165, 1.54) is 34.6 Å². The molecule has 0 aromatic heterocycles. The fourth-order valence-corrected chi connectivity index (χ4v) is 8.86. The zero-order valence-electron chi connectivity index (χ0n) is 54.7. The molecule has 0 saturated heterocycles. The molecule has 37 nitrogen and oxygen atoms in total. The molecule has 534 valence electrons. The number of unbranched alkanes of at least 4 members (excludes halogenated alkanes) is 2. The Morgan fingerprint density at radius 2 is 0.811 bits per heavy atom. The lowest BCUT2D eigenvalue weighted by atomic mass is 10.00. The molecule has 0 fully saturated rings. The number of carboxylic acids is 1. The third-order valence-electron chi connectivity index (χ3n) is 14.4. The van der Waals surface area contributed by atoms with Crippen molar-refractivity contribution in [3.8, 4) is 0 Å². The fourth-order valence-electron chi connectivity index (χ4n) is 8.86. The molecule has 0 aliphatic rings. The van der Waals surface area contributed by atoms with Crippen LogP contribution in [-0.4, -0.2) is 215 Å². The van der Waals surface area contributed by atoms with Gasteiger partial charge in [0.05, 0.1) is 25.2 Å². The second-order valence-electron chi connectivity index (χ2n) is 23.0. The molecule has 12 amide bonds. The summed E-state index contributed by atoms with van der Waals surface area (Å²) < 4.78 is 0. The molecule has 1 aromatic rings. The Balaban J connectivity index is 3.35. The van der Waals surface area contributed by atoms with Gasteiger partial charge >= 0.3 is 5.97 Å². The van der Waals surface area contributed by atoms with Crippen molar-refractivity contribution in [2.45, 2.75) is 197 Å². The van der Waals surface area contributed by atoms with Gasteiger partial charge in [-0.2, -0.15) is 0 Å². The number of nitrogens with zero attached hydrogens (tertiary/aromatic N) is 2. The molecule has 0 saturated carbocycles. The van der Waals surface area contributed by atoms with Crippen LogP contribution in [0.3, 0.4) is 0 Å². The number of aliphatic hydroxyl groups excluding tert-OH is 2. The normalized spacial score (nSPS) is 15.1. The van der Waals surface area contributed by atoms with Gasteiger partial charge in [0.15, 0.2) is 11.9 Å². The summed E-state index contributed by atoms with van der Waals surface area (Å²) in [6, 6.07) is -9.46. The summed E-state index contributed by atoms with van der Waals surface area (Å²) in [5, 5.41) is 56.9. The Bertz CT molecular complexity index is 2770. The fraction of sp³-hybridized carbons (Fsp3) is 0.638. The van der Waals surface area contributed by atoms with Crippen molar-refractivity contribution in [1.82, 2.24) is 58.5 Å². The van der Waals surface area contributed by atoms with Gasteiger partial charge in [0, 0.05) is 19.5 Å². The molecule has 13 atom stereocenters.